The molecule has 0 amide bonds. The van der Waals surface area contributed by atoms with E-state index in [1.807, 2.05) is 0 Å². The number of ether oxygens (including phenoxy) is 1. The molecule has 19 heavy (non-hydrogen) atoms. The highest BCUT2D eigenvalue weighted by atomic mass is 35.5. The SMILES string of the molecule is Cc1cn([C@H]2C=C[C@@](/C=C\Cl)(CO)O2)c(=O)[nH]c1=O. The average Bonchev–Trinajstić information content (AvgIpc) is 2.79. The van der Waals surface area contributed by atoms with Crippen molar-refractivity contribution in [3.8, 4) is 0 Å². The Morgan fingerprint density at radius 2 is 2.37 bits per heavy atom. The van der Waals surface area contributed by atoms with Gasteiger partial charge < -0.3 is 9.84 Å². The van der Waals surface area contributed by atoms with Gasteiger partial charge in [-0.3, -0.25) is 14.3 Å². The third-order valence-corrected chi connectivity index (χ3v) is 3.02. The van der Waals surface area contributed by atoms with Crippen molar-refractivity contribution in [2.75, 3.05) is 6.61 Å². The van der Waals surface area contributed by atoms with Gasteiger partial charge in [0.05, 0.1) is 6.61 Å². The van der Waals surface area contributed by atoms with Gasteiger partial charge in [0, 0.05) is 17.3 Å². The van der Waals surface area contributed by atoms with E-state index in [-0.39, 0.29) is 6.61 Å². The van der Waals surface area contributed by atoms with Crippen LogP contribution in [0.3, 0.4) is 0 Å². The normalized spacial score (nSPS) is 26.4. The molecule has 6 nitrogen and oxygen atoms in total. The van der Waals surface area contributed by atoms with E-state index in [4.69, 9.17) is 16.3 Å². The van der Waals surface area contributed by atoms with E-state index < -0.39 is 23.1 Å². The molecule has 2 N–H and O–H groups in total. The first-order chi connectivity index (χ1) is 9.01. The monoisotopic (exact) mass is 284 g/mol. The highest BCUT2D eigenvalue weighted by Gasteiger charge is 2.33. The summed E-state index contributed by atoms with van der Waals surface area (Å²) in [5.74, 6) is 0. The highest BCUT2D eigenvalue weighted by Crippen LogP contribution is 2.30. The first kappa shape index (κ1) is 13.8. The van der Waals surface area contributed by atoms with Crippen LogP contribution in [0.15, 0.2) is 39.5 Å². The van der Waals surface area contributed by atoms with Crippen molar-refractivity contribution in [1.29, 1.82) is 0 Å². The fourth-order valence-electron chi connectivity index (χ4n) is 1.82. The van der Waals surface area contributed by atoms with Crippen LogP contribution >= 0.6 is 11.6 Å². The molecule has 0 aromatic carbocycles. The summed E-state index contributed by atoms with van der Waals surface area (Å²) in [6.45, 7) is 1.28. The third-order valence-electron chi connectivity index (χ3n) is 2.90. The number of halogens is 1. The molecule has 0 saturated heterocycles. The molecule has 0 spiro atoms. The number of hydrogen-bond donors (Lipinski definition) is 2. The fourth-order valence-corrected chi connectivity index (χ4v) is 2.03. The molecule has 0 saturated carbocycles. The minimum absolute atomic E-state index is 0.305. The van der Waals surface area contributed by atoms with Gasteiger partial charge in [0.2, 0.25) is 0 Å². The molecule has 0 radical (unpaired) electrons. The molecule has 2 rings (SSSR count). The Morgan fingerprint density at radius 1 is 1.63 bits per heavy atom. The number of aromatic nitrogens is 2. The number of aromatic amines is 1. The summed E-state index contributed by atoms with van der Waals surface area (Å²) in [7, 11) is 0. The Bertz CT molecular complexity index is 646. The van der Waals surface area contributed by atoms with Gasteiger partial charge in [-0.15, -0.1) is 0 Å². The molecule has 0 bridgehead atoms. The topological polar surface area (TPSA) is 84.3 Å². The van der Waals surface area contributed by atoms with Gasteiger partial charge in [-0.1, -0.05) is 11.6 Å². The summed E-state index contributed by atoms with van der Waals surface area (Å²) < 4.78 is 6.85. The molecule has 1 aliphatic rings. The Labute approximate surface area is 113 Å². The predicted molar refractivity (Wildman–Crippen MR) is 70.1 cm³/mol. The predicted octanol–water partition coefficient (Wildman–Crippen LogP) is 0.414. The summed E-state index contributed by atoms with van der Waals surface area (Å²) in [4.78, 5) is 25.2. The number of aliphatic hydroxyl groups is 1. The van der Waals surface area contributed by atoms with Gasteiger partial charge in [-0.2, -0.15) is 0 Å². The standard InChI is InChI=1S/C12H13ClN2O4/c1-8-6-15(11(18)14-10(8)17)9-2-3-12(7-16,19-9)4-5-13/h2-6,9,16H,7H2,1H3,(H,14,17,18)/b5-4-/t9-,12-/m1/s1. The molecule has 1 aliphatic heterocycles. The second-order valence-electron chi connectivity index (χ2n) is 4.25. The van der Waals surface area contributed by atoms with E-state index in [0.29, 0.717) is 5.56 Å². The van der Waals surface area contributed by atoms with E-state index in [1.54, 1.807) is 19.1 Å². The number of nitrogens with one attached hydrogen (secondary N) is 1. The summed E-state index contributed by atoms with van der Waals surface area (Å²) in [5.41, 5.74) is -0.420. The van der Waals surface area contributed by atoms with Crippen LogP contribution < -0.4 is 11.2 Å². The van der Waals surface area contributed by atoms with Crippen LogP contribution in [0.2, 0.25) is 0 Å². The lowest BCUT2D eigenvalue weighted by molar-refractivity contribution is -0.0559. The van der Waals surface area contributed by atoms with Crippen LogP contribution in [0.4, 0.5) is 0 Å². The van der Waals surface area contributed by atoms with E-state index in [9.17, 15) is 14.7 Å². The smallest absolute Gasteiger partial charge is 0.330 e. The average molecular weight is 285 g/mol. The third kappa shape index (κ3) is 2.56. The number of nitrogens with zero attached hydrogens (tertiary/aromatic N) is 1. The maximum absolute atomic E-state index is 11.7. The number of hydrogen-bond acceptors (Lipinski definition) is 4. The molecular formula is C12H13ClN2O4. The summed E-state index contributed by atoms with van der Waals surface area (Å²) in [6, 6.07) is 0. The number of aryl methyl sites for hydroxylation is 1. The molecular weight excluding hydrogens is 272 g/mol. The summed E-state index contributed by atoms with van der Waals surface area (Å²) in [6.07, 6.45) is 5.42. The zero-order valence-corrected chi connectivity index (χ0v) is 10.9. The van der Waals surface area contributed by atoms with Gasteiger partial charge in [0.15, 0.2) is 6.23 Å². The van der Waals surface area contributed by atoms with Gasteiger partial charge in [-0.05, 0) is 25.2 Å². The van der Waals surface area contributed by atoms with Crippen LogP contribution in [0.1, 0.15) is 11.8 Å². The van der Waals surface area contributed by atoms with Crippen LogP contribution in [-0.2, 0) is 4.74 Å². The Kier molecular flexibility index (Phi) is 3.75. The van der Waals surface area contributed by atoms with Crippen molar-refractivity contribution in [1.82, 2.24) is 9.55 Å². The van der Waals surface area contributed by atoms with Crippen LogP contribution in [-0.4, -0.2) is 26.9 Å². The second kappa shape index (κ2) is 5.16. The molecule has 2 heterocycles. The molecule has 102 valence electrons. The van der Waals surface area contributed by atoms with Crippen molar-refractivity contribution in [2.24, 2.45) is 0 Å². The van der Waals surface area contributed by atoms with Gasteiger partial charge >= 0.3 is 5.69 Å². The Morgan fingerprint density at radius 3 is 3.00 bits per heavy atom. The summed E-state index contributed by atoms with van der Waals surface area (Å²) in [5, 5.41) is 9.35. The molecule has 0 unspecified atom stereocenters. The van der Waals surface area contributed by atoms with Crippen molar-refractivity contribution in [3.05, 3.63) is 56.4 Å². The quantitative estimate of drug-likeness (QED) is 0.788. The van der Waals surface area contributed by atoms with E-state index in [2.05, 4.69) is 4.98 Å². The fraction of sp³-hybridized carbons (Fsp3) is 0.333. The molecule has 1 aromatic heterocycles. The van der Waals surface area contributed by atoms with Crippen LogP contribution in [0.25, 0.3) is 0 Å². The van der Waals surface area contributed by atoms with Crippen molar-refractivity contribution in [2.45, 2.75) is 18.8 Å². The van der Waals surface area contributed by atoms with Gasteiger partial charge in [-0.25, -0.2) is 4.79 Å². The number of aliphatic hydroxyl groups excluding tert-OH is 1. The molecule has 7 heteroatoms. The Balaban J connectivity index is 2.37. The lowest BCUT2D eigenvalue weighted by Gasteiger charge is -2.23. The summed E-state index contributed by atoms with van der Waals surface area (Å²) >= 11 is 5.50. The lowest BCUT2D eigenvalue weighted by Crippen LogP contribution is -2.36. The highest BCUT2D eigenvalue weighted by molar-refractivity contribution is 6.25. The van der Waals surface area contributed by atoms with E-state index in [1.165, 1.54) is 22.4 Å². The van der Waals surface area contributed by atoms with E-state index >= 15 is 0 Å². The van der Waals surface area contributed by atoms with Crippen LogP contribution in [0, 0.1) is 6.92 Å². The second-order valence-corrected chi connectivity index (χ2v) is 4.50. The first-order valence-corrected chi connectivity index (χ1v) is 6.03. The first-order valence-electron chi connectivity index (χ1n) is 5.59. The van der Waals surface area contributed by atoms with Gasteiger partial charge in [0.25, 0.3) is 5.56 Å². The van der Waals surface area contributed by atoms with Crippen molar-refractivity contribution < 1.29 is 9.84 Å². The van der Waals surface area contributed by atoms with Crippen molar-refractivity contribution >= 4 is 11.6 Å². The zero-order valence-electron chi connectivity index (χ0n) is 10.2. The number of H-pyrrole nitrogens is 1. The molecule has 0 aliphatic carbocycles. The molecule has 1 aromatic rings. The lowest BCUT2D eigenvalue weighted by atomic mass is 10.1. The Hall–Kier alpha value is -1.63. The molecule has 2 atom stereocenters. The molecule has 0 fully saturated rings. The minimum atomic E-state index is -1.05. The van der Waals surface area contributed by atoms with Gasteiger partial charge in [0.1, 0.15) is 5.60 Å². The van der Waals surface area contributed by atoms with Crippen LogP contribution in [0.5, 0.6) is 0 Å². The van der Waals surface area contributed by atoms with E-state index in [0.717, 1.165) is 0 Å². The largest absolute Gasteiger partial charge is 0.393 e. The van der Waals surface area contributed by atoms with Crippen molar-refractivity contribution in [3.63, 3.8) is 0 Å². The maximum Gasteiger partial charge on any atom is 0.330 e. The number of rotatable bonds is 3. The maximum atomic E-state index is 11.7. The zero-order chi connectivity index (χ0) is 14.0. The minimum Gasteiger partial charge on any atom is -0.393 e.